The van der Waals surface area contributed by atoms with Crippen molar-refractivity contribution in [2.45, 2.75) is 26.3 Å². The van der Waals surface area contributed by atoms with Crippen LogP contribution in [0.2, 0.25) is 0 Å². The summed E-state index contributed by atoms with van der Waals surface area (Å²) >= 11 is 0. The number of likely N-dealkylation sites (N-methyl/N-ethyl adjacent to an activating group) is 1. The normalized spacial score (nSPS) is 12.0. The van der Waals surface area contributed by atoms with Crippen LogP contribution in [0.4, 0.5) is 0 Å². The van der Waals surface area contributed by atoms with Gasteiger partial charge in [-0.05, 0) is 60.2 Å². The van der Waals surface area contributed by atoms with Crippen molar-refractivity contribution >= 4 is 5.91 Å². The van der Waals surface area contributed by atoms with Crippen LogP contribution in [-0.4, -0.2) is 49.1 Å². The number of aromatic nitrogens is 5. The average molecular weight is 336 g/mol. The summed E-state index contributed by atoms with van der Waals surface area (Å²) in [6.07, 6.45) is 4.02. The number of aryl methyl sites for hydroxylation is 1. The Morgan fingerprint density at radius 1 is 1.24 bits per heavy atom. The molecule has 0 aliphatic heterocycles. The van der Waals surface area contributed by atoms with Gasteiger partial charge in [-0.1, -0.05) is 6.07 Å². The number of carbonyl (C=O) groups excluding carboxylic acids is 1. The van der Waals surface area contributed by atoms with Gasteiger partial charge >= 0.3 is 0 Å². The van der Waals surface area contributed by atoms with Gasteiger partial charge in [-0.3, -0.25) is 9.78 Å². The zero-order valence-electron chi connectivity index (χ0n) is 14.5. The van der Waals surface area contributed by atoms with Crippen LogP contribution in [0.3, 0.4) is 0 Å². The highest BCUT2D eigenvalue weighted by Gasteiger charge is 2.19. The van der Waals surface area contributed by atoms with E-state index < -0.39 is 0 Å². The van der Waals surface area contributed by atoms with Gasteiger partial charge in [0, 0.05) is 37.0 Å². The standard InChI is InChI=1S/C18H20N6O/c1-13-5-4-10-19-17(13)11-14(2)23(3)18(25)15-6-8-16(9-7-15)24-12-20-21-22-24/h4-10,12,14H,11H2,1-3H3/t14-/m1/s1. The molecule has 0 aliphatic rings. The maximum Gasteiger partial charge on any atom is 0.253 e. The predicted octanol–water partition coefficient (Wildman–Crippen LogP) is 2.07. The van der Waals surface area contributed by atoms with E-state index in [0.29, 0.717) is 5.56 Å². The molecular formula is C18H20N6O. The molecular weight excluding hydrogens is 316 g/mol. The fourth-order valence-corrected chi connectivity index (χ4v) is 2.59. The molecule has 25 heavy (non-hydrogen) atoms. The predicted molar refractivity (Wildman–Crippen MR) is 93.4 cm³/mol. The van der Waals surface area contributed by atoms with Crippen LogP contribution in [0.1, 0.15) is 28.5 Å². The lowest BCUT2D eigenvalue weighted by molar-refractivity contribution is 0.0743. The Kier molecular flexibility index (Phi) is 4.83. The van der Waals surface area contributed by atoms with Crippen LogP contribution in [0.15, 0.2) is 48.9 Å². The van der Waals surface area contributed by atoms with E-state index >= 15 is 0 Å². The monoisotopic (exact) mass is 336 g/mol. The number of amides is 1. The van der Waals surface area contributed by atoms with Gasteiger partial charge in [0.25, 0.3) is 5.91 Å². The molecule has 0 bridgehead atoms. The Bertz CT molecular complexity index is 844. The van der Waals surface area contributed by atoms with E-state index in [1.54, 1.807) is 27.9 Å². The summed E-state index contributed by atoms with van der Waals surface area (Å²) in [4.78, 5) is 18.9. The number of hydrogen-bond donors (Lipinski definition) is 0. The van der Waals surface area contributed by atoms with Crippen molar-refractivity contribution in [2.75, 3.05) is 7.05 Å². The minimum absolute atomic E-state index is 0.0238. The van der Waals surface area contributed by atoms with Gasteiger partial charge in [-0.25, -0.2) is 4.68 Å². The van der Waals surface area contributed by atoms with Gasteiger partial charge in [0.05, 0.1) is 5.69 Å². The number of rotatable bonds is 5. The number of hydrogen-bond acceptors (Lipinski definition) is 5. The molecule has 1 atom stereocenters. The Morgan fingerprint density at radius 2 is 2.00 bits per heavy atom. The van der Waals surface area contributed by atoms with Crippen molar-refractivity contribution in [3.63, 3.8) is 0 Å². The van der Waals surface area contributed by atoms with Crippen molar-refractivity contribution in [3.8, 4) is 5.69 Å². The largest absolute Gasteiger partial charge is 0.339 e. The number of nitrogens with zero attached hydrogens (tertiary/aromatic N) is 6. The molecule has 3 aromatic rings. The molecule has 0 spiro atoms. The van der Waals surface area contributed by atoms with Gasteiger partial charge in [0.2, 0.25) is 0 Å². The SMILES string of the molecule is Cc1cccnc1C[C@@H](C)N(C)C(=O)c1ccc(-n2cnnn2)cc1. The Morgan fingerprint density at radius 3 is 2.64 bits per heavy atom. The van der Waals surface area contributed by atoms with E-state index in [0.717, 1.165) is 23.4 Å². The summed E-state index contributed by atoms with van der Waals surface area (Å²) in [6, 6.07) is 11.2. The first-order valence-electron chi connectivity index (χ1n) is 8.07. The number of benzene rings is 1. The summed E-state index contributed by atoms with van der Waals surface area (Å²) in [5.74, 6) is -0.0238. The number of tetrazole rings is 1. The summed E-state index contributed by atoms with van der Waals surface area (Å²) < 4.78 is 1.55. The molecule has 3 rings (SSSR count). The molecule has 2 aromatic heterocycles. The van der Waals surface area contributed by atoms with Crippen molar-refractivity contribution in [1.29, 1.82) is 0 Å². The van der Waals surface area contributed by atoms with Crippen LogP contribution in [-0.2, 0) is 6.42 Å². The van der Waals surface area contributed by atoms with Crippen LogP contribution in [0.5, 0.6) is 0 Å². The molecule has 0 N–H and O–H groups in total. The summed E-state index contributed by atoms with van der Waals surface area (Å²) in [5.41, 5.74) is 3.59. The molecule has 0 fully saturated rings. The molecule has 7 heteroatoms. The molecule has 0 unspecified atom stereocenters. The molecule has 1 amide bonds. The summed E-state index contributed by atoms with van der Waals surface area (Å²) in [5, 5.41) is 11.0. The molecule has 1 aromatic carbocycles. The minimum Gasteiger partial charge on any atom is -0.339 e. The quantitative estimate of drug-likeness (QED) is 0.713. The topological polar surface area (TPSA) is 76.8 Å². The van der Waals surface area contributed by atoms with E-state index in [9.17, 15) is 4.79 Å². The Balaban J connectivity index is 1.70. The fourth-order valence-electron chi connectivity index (χ4n) is 2.59. The minimum atomic E-state index is -0.0238. The Labute approximate surface area is 146 Å². The zero-order valence-corrected chi connectivity index (χ0v) is 14.5. The second-order valence-corrected chi connectivity index (χ2v) is 6.04. The first-order chi connectivity index (χ1) is 12.1. The lowest BCUT2D eigenvalue weighted by Gasteiger charge is -2.25. The molecule has 7 nitrogen and oxygen atoms in total. The molecule has 0 aliphatic carbocycles. The van der Waals surface area contributed by atoms with E-state index in [-0.39, 0.29) is 11.9 Å². The molecule has 128 valence electrons. The Hall–Kier alpha value is -3.09. The van der Waals surface area contributed by atoms with Crippen LogP contribution in [0.25, 0.3) is 5.69 Å². The van der Waals surface area contributed by atoms with Crippen molar-refractivity contribution < 1.29 is 4.79 Å². The third-order valence-electron chi connectivity index (χ3n) is 4.32. The smallest absolute Gasteiger partial charge is 0.253 e. The highest BCUT2D eigenvalue weighted by Crippen LogP contribution is 2.14. The van der Waals surface area contributed by atoms with Crippen molar-refractivity contribution in [2.24, 2.45) is 0 Å². The van der Waals surface area contributed by atoms with Crippen LogP contribution in [0, 0.1) is 6.92 Å². The van der Waals surface area contributed by atoms with Crippen LogP contribution >= 0.6 is 0 Å². The summed E-state index contributed by atoms with van der Waals surface area (Å²) in [7, 11) is 1.82. The second-order valence-electron chi connectivity index (χ2n) is 6.04. The van der Waals surface area contributed by atoms with E-state index in [4.69, 9.17) is 0 Å². The highest BCUT2D eigenvalue weighted by molar-refractivity contribution is 5.94. The van der Waals surface area contributed by atoms with E-state index in [2.05, 4.69) is 20.5 Å². The number of pyridine rings is 1. The maximum atomic E-state index is 12.7. The van der Waals surface area contributed by atoms with Gasteiger partial charge in [0.1, 0.15) is 6.33 Å². The van der Waals surface area contributed by atoms with Crippen LogP contribution < -0.4 is 0 Å². The third-order valence-corrected chi connectivity index (χ3v) is 4.32. The van der Waals surface area contributed by atoms with Gasteiger partial charge in [0.15, 0.2) is 0 Å². The van der Waals surface area contributed by atoms with E-state index in [1.165, 1.54) is 6.33 Å². The second kappa shape index (κ2) is 7.21. The fraction of sp³-hybridized carbons (Fsp3) is 0.278. The first-order valence-corrected chi connectivity index (χ1v) is 8.07. The highest BCUT2D eigenvalue weighted by atomic mass is 16.2. The molecule has 2 heterocycles. The average Bonchev–Trinajstić information content (AvgIpc) is 3.17. The lowest BCUT2D eigenvalue weighted by Crippen LogP contribution is -2.36. The third kappa shape index (κ3) is 3.71. The van der Waals surface area contributed by atoms with Crippen molar-refractivity contribution in [1.82, 2.24) is 30.1 Å². The molecule has 0 radical (unpaired) electrons. The maximum absolute atomic E-state index is 12.7. The van der Waals surface area contributed by atoms with Gasteiger partial charge in [-0.2, -0.15) is 0 Å². The summed E-state index contributed by atoms with van der Waals surface area (Å²) in [6.45, 7) is 4.07. The van der Waals surface area contributed by atoms with Gasteiger partial charge in [-0.15, -0.1) is 5.10 Å². The molecule has 0 saturated heterocycles. The molecule has 0 saturated carbocycles. The lowest BCUT2D eigenvalue weighted by atomic mass is 10.1. The van der Waals surface area contributed by atoms with Crippen molar-refractivity contribution in [3.05, 3.63) is 65.7 Å². The zero-order chi connectivity index (χ0) is 17.8. The number of carbonyl (C=O) groups is 1. The van der Waals surface area contributed by atoms with E-state index in [1.807, 2.05) is 45.2 Å². The first kappa shape index (κ1) is 16.8. The van der Waals surface area contributed by atoms with Gasteiger partial charge < -0.3 is 4.90 Å².